The second kappa shape index (κ2) is 5.65. The van der Waals surface area contributed by atoms with E-state index in [4.69, 9.17) is 39.1 Å². The highest BCUT2D eigenvalue weighted by Gasteiger charge is 2.15. The summed E-state index contributed by atoms with van der Waals surface area (Å²) in [7, 11) is 0. The first-order valence-corrected chi connectivity index (χ1v) is 6.32. The van der Waals surface area contributed by atoms with Gasteiger partial charge in [-0.2, -0.15) is 0 Å². The van der Waals surface area contributed by atoms with Gasteiger partial charge in [0.25, 0.3) is 0 Å². The number of benzene rings is 1. The van der Waals surface area contributed by atoms with Crippen molar-refractivity contribution in [2.24, 2.45) is 11.5 Å². The second-order valence-electron chi connectivity index (χ2n) is 4.10. The molecule has 6 heteroatoms. The molecule has 1 unspecified atom stereocenters. The summed E-state index contributed by atoms with van der Waals surface area (Å²) in [6, 6.07) is 7.94. The number of halogens is 2. The number of furan rings is 1. The molecule has 4 nitrogen and oxygen atoms in total. The largest absolute Gasteiger partial charge is 0.459 e. The van der Waals surface area contributed by atoms with Gasteiger partial charge in [-0.15, -0.1) is 0 Å². The number of carbonyl (C=O) groups is 1. The van der Waals surface area contributed by atoms with Crippen LogP contribution in [0.25, 0.3) is 11.3 Å². The van der Waals surface area contributed by atoms with Crippen LogP contribution in [0.3, 0.4) is 0 Å². The number of carbonyl (C=O) groups excluding carboxylic acids is 1. The molecule has 100 valence electrons. The molecule has 0 bridgehead atoms. The molecule has 0 fully saturated rings. The number of hydrogen-bond donors (Lipinski definition) is 2. The first-order valence-electron chi connectivity index (χ1n) is 5.56. The third-order valence-electron chi connectivity index (χ3n) is 2.61. The number of rotatable bonds is 4. The van der Waals surface area contributed by atoms with Crippen LogP contribution in [0.5, 0.6) is 0 Å². The van der Waals surface area contributed by atoms with E-state index in [2.05, 4.69) is 0 Å². The molecule has 0 saturated heterocycles. The van der Waals surface area contributed by atoms with E-state index in [1.807, 2.05) is 0 Å². The molecule has 1 aromatic heterocycles. The molecule has 2 rings (SSSR count). The Labute approximate surface area is 120 Å². The highest BCUT2D eigenvalue weighted by atomic mass is 35.5. The molecular formula is C13H12Cl2N2O2. The van der Waals surface area contributed by atoms with Gasteiger partial charge in [-0.05, 0) is 30.3 Å². The minimum Gasteiger partial charge on any atom is -0.459 e. The Morgan fingerprint density at radius 2 is 2.00 bits per heavy atom. The summed E-state index contributed by atoms with van der Waals surface area (Å²) >= 11 is 12.0. The molecule has 0 aliphatic rings. The van der Waals surface area contributed by atoms with E-state index in [1.165, 1.54) is 0 Å². The molecule has 4 N–H and O–H groups in total. The molecule has 0 spiro atoms. The van der Waals surface area contributed by atoms with Crippen LogP contribution in [0, 0.1) is 0 Å². The minimum absolute atomic E-state index is 0.0240. The molecular weight excluding hydrogens is 287 g/mol. The Morgan fingerprint density at radius 1 is 1.26 bits per heavy atom. The van der Waals surface area contributed by atoms with Gasteiger partial charge >= 0.3 is 0 Å². The Bertz CT molecular complexity index is 610. The van der Waals surface area contributed by atoms with Crippen LogP contribution in [0.15, 0.2) is 34.7 Å². The van der Waals surface area contributed by atoms with E-state index in [0.29, 0.717) is 27.1 Å². The van der Waals surface area contributed by atoms with E-state index in [-0.39, 0.29) is 6.42 Å². The number of primary amides is 1. The SMILES string of the molecule is NC(=O)CC(N)c1ccc(-c2cc(Cl)ccc2Cl)o1. The fourth-order valence-corrected chi connectivity index (χ4v) is 2.08. The third kappa shape index (κ3) is 3.29. The summed E-state index contributed by atoms with van der Waals surface area (Å²) in [6.45, 7) is 0. The van der Waals surface area contributed by atoms with Gasteiger partial charge in [-0.3, -0.25) is 4.79 Å². The van der Waals surface area contributed by atoms with Crippen molar-refractivity contribution in [1.29, 1.82) is 0 Å². The zero-order valence-electron chi connectivity index (χ0n) is 9.90. The summed E-state index contributed by atoms with van der Waals surface area (Å²) < 4.78 is 5.59. The summed E-state index contributed by atoms with van der Waals surface area (Å²) in [6.07, 6.45) is 0.0240. The van der Waals surface area contributed by atoms with Gasteiger partial charge in [-0.25, -0.2) is 0 Å². The Hall–Kier alpha value is -1.49. The molecule has 1 amide bonds. The van der Waals surface area contributed by atoms with Crippen LogP contribution in [0.1, 0.15) is 18.2 Å². The monoisotopic (exact) mass is 298 g/mol. The zero-order chi connectivity index (χ0) is 14.0. The van der Waals surface area contributed by atoms with Crippen LogP contribution >= 0.6 is 23.2 Å². The van der Waals surface area contributed by atoms with E-state index in [9.17, 15) is 4.79 Å². The maximum atomic E-state index is 10.8. The Kier molecular flexibility index (Phi) is 4.14. The predicted octanol–water partition coefficient (Wildman–Crippen LogP) is 3.13. The van der Waals surface area contributed by atoms with Crippen LogP contribution in [0.4, 0.5) is 0 Å². The average molecular weight is 299 g/mol. The lowest BCUT2D eigenvalue weighted by Crippen LogP contribution is -2.20. The highest BCUT2D eigenvalue weighted by molar-refractivity contribution is 6.35. The maximum Gasteiger partial charge on any atom is 0.219 e. The highest BCUT2D eigenvalue weighted by Crippen LogP contribution is 2.33. The van der Waals surface area contributed by atoms with Crippen molar-refractivity contribution in [3.63, 3.8) is 0 Å². The molecule has 0 aliphatic heterocycles. The summed E-state index contributed by atoms with van der Waals surface area (Å²) in [5, 5.41) is 1.08. The summed E-state index contributed by atoms with van der Waals surface area (Å²) in [5.41, 5.74) is 11.6. The van der Waals surface area contributed by atoms with Gasteiger partial charge in [0.2, 0.25) is 5.91 Å². The van der Waals surface area contributed by atoms with Crippen molar-refractivity contribution < 1.29 is 9.21 Å². The Balaban J connectivity index is 2.30. The number of nitrogens with two attached hydrogens (primary N) is 2. The predicted molar refractivity (Wildman–Crippen MR) is 74.9 cm³/mol. The van der Waals surface area contributed by atoms with E-state index < -0.39 is 11.9 Å². The van der Waals surface area contributed by atoms with Gasteiger partial charge in [0, 0.05) is 17.0 Å². The smallest absolute Gasteiger partial charge is 0.219 e. The zero-order valence-corrected chi connectivity index (χ0v) is 11.4. The molecule has 2 aromatic rings. The molecule has 0 aliphatic carbocycles. The fraction of sp³-hybridized carbons (Fsp3) is 0.154. The van der Waals surface area contributed by atoms with Gasteiger partial charge in [0.1, 0.15) is 11.5 Å². The van der Waals surface area contributed by atoms with Gasteiger partial charge in [0.15, 0.2) is 0 Å². The van der Waals surface area contributed by atoms with Crippen LogP contribution in [-0.4, -0.2) is 5.91 Å². The lowest BCUT2D eigenvalue weighted by Gasteiger charge is -2.06. The molecule has 0 radical (unpaired) electrons. The minimum atomic E-state index is -0.566. The lowest BCUT2D eigenvalue weighted by atomic mass is 10.1. The van der Waals surface area contributed by atoms with Crippen LogP contribution in [-0.2, 0) is 4.79 Å². The van der Waals surface area contributed by atoms with Crippen molar-refractivity contribution in [3.8, 4) is 11.3 Å². The van der Waals surface area contributed by atoms with Crippen molar-refractivity contribution in [2.45, 2.75) is 12.5 Å². The van der Waals surface area contributed by atoms with Crippen LogP contribution < -0.4 is 11.5 Å². The third-order valence-corrected chi connectivity index (χ3v) is 3.17. The molecule has 1 aromatic carbocycles. The standard InChI is InChI=1S/C13H12Cl2N2O2/c14-7-1-2-9(15)8(5-7)11-3-4-12(19-11)10(16)6-13(17)18/h1-5,10H,6,16H2,(H2,17,18). The average Bonchev–Trinajstić information content (AvgIpc) is 2.80. The quantitative estimate of drug-likeness (QED) is 0.910. The van der Waals surface area contributed by atoms with Crippen molar-refractivity contribution >= 4 is 29.1 Å². The molecule has 1 heterocycles. The van der Waals surface area contributed by atoms with Crippen molar-refractivity contribution in [3.05, 3.63) is 46.1 Å². The van der Waals surface area contributed by atoms with Gasteiger partial charge < -0.3 is 15.9 Å². The number of hydrogen-bond acceptors (Lipinski definition) is 3. The lowest BCUT2D eigenvalue weighted by molar-refractivity contribution is -0.118. The first kappa shape index (κ1) is 13.9. The van der Waals surface area contributed by atoms with Gasteiger partial charge in [-0.1, -0.05) is 23.2 Å². The topological polar surface area (TPSA) is 82.2 Å². The van der Waals surface area contributed by atoms with E-state index >= 15 is 0 Å². The summed E-state index contributed by atoms with van der Waals surface area (Å²) in [4.78, 5) is 10.8. The molecule has 0 saturated carbocycles. The van der Waals surface area contributed by atoms with E-state index in [0.717, 1.165) is 0 Å². The normalized spacial score (nSPS) is 12.4. The Morgan fingerprint density at radius 3 is 2.68 bits per heavy atom. The molecule has 19 heavy (non-hydrogen) atoms. The maximum absolute atomic E-state index is 10.8. The number of amides is 1. The van der Waals surface area contributed by atoms with E-state index in [1.54, 1.807) is 30.3 Å². The van der Waals surface area contributed by atoms with Gasteiger partial charge in [0.05, 0.1) is 11.1 Å². The summed E-state index contributed by atoms with van der Waals surface area (Å²) in [5.74, 6) is 0.540. The van der Waals surface area contributed by atoms with Crippen molar-refractivity contribution in [1.82, 2.24) is 0 Å². The first-order chi connectivity index (χ1) is 8.97. The second-order valence-corrected chi connectivity index (χ2v) is 4.95. The van der Waals surface area contributed by atoms with Crippen molar-refractivity contribution in [2.75, 3.05) is 0 Å². The van der Waals surface area contributed by atoms with Crippen LogP contribution in [0.2, 0.25) is 10.0 Å². The fourth-order valence-electron chi connectivity index (χ4n) is 1.70. The molecule has 1 atom stereocenters.